The average molecular weight is 607 g/mol. The van der Waals surface area contributed by atoms with Crippen molar-refractivity contribution in [2.75, 3.05) is 6.61 Å². The maximum Gasteiger partial charge on any atom is 0.169 e. The molecule has 0 aliphatic carbocycles. The number of allylic oxidation sites excluding steroid dienone is 3. The Morgan fingerprint density at radius 3 is 1.60 bits per heavy atom. The van der Waals surface area contributed by atoms with Gasteiger partial charge in [-0.1, -0.05) is 140 Å². The highest BCUT2D eigenvalue weighted by Gasteiger charge is 2.20. The summed E-state index contributed by atoms with van der Waals surface area (Å²) in [7, 11) is 0. The summed E-state index contributed by atoms with van der Waals surface area (Å²) < 4.78 is 12.6. The third-order valence-electron chi connectivity index (χ3n) is 8.93. The maximum atomic E-state index is 6.36. The van der Waals surface area contributed by atoms with Crippen LogP contribution in [0, 0.1) is 0 Å². The largest absolute Gasteiger partial charge is 0.486 e. The molecule has 226 valence electrons. The fourth-order valence-corrected chi connectivity index (χ4v) is 6.90. The lowest BCUT2D eigenvalue weighted by Gasteiger charge is -2.21. The lowest BCUT2D eigenvalue weighted by atomic mass is 9.82. The van der Waals surface area contributed by atoms with Crippen molar-refractivity contribution in [2.24, 2.45) is 0 Å². The fourth-order valence-electron chi connectivity index (χ4n) is 6.90. The Kier molecular flexibility index (Phi) is 7.61. The van der Waals surface area contributed by atoms with Gasteiger partial charge in [0, 0.05) is 0 Å². The van der Waals surface area contributed by atoms with E-state index >= 15 is 0 Å². The zero-order valence-corrected chi connectivity index (χ0v) is 26.3. The Balaban J connectivity index is 1.46. The third-order valence-corrected chi connectivity index (χ3v) is 8.93. The first-order valence-corrected chi connectivity index (χ1v) is 16.3. The van der Waals surface area contributed by atoms with Crippen LogP contribution in [-0.4, -0.2) is 6.61 Å². The molecule has 3 heterocycles. The predicted octanol–water partition coefficient (Wildman–Crippen LogP) is 12.5. The highest BCUT2D eigenvalue weighted by atomic mass is 16.5. The first-order chi connectivity index (χ1) is 23.3. The molecule has 2 nitrogen and oxygen atoms in total. The second-order valence-corrected chi connectivity index (χ2v) is 11.8. The number of para-hydroxylation sites is 2. The van der Waals surface area contributed by atoms with Crippen LogP contribution in [0.4, 0.5) is 0 Å². The average Bonchev–Trinajstić information content (AvgIpc) is 3.12. The molecular weight excluding hydrogens is 572 g/mol. The van der Waals surface area contributed by atoms with E-state index in [1.165, 1.54) is 60.5 Å². The normalized spacial score (nSPS) is 14.2. The first-order valence-electron chi connectivity index (χ1n) is 16.3. The summed E-state index contributed by atoms with van der Waals surface area (Å²) in [6.45, 7) is 2.60. The Morgan fingerprint density at radius 2 is 1.00 bits per heavy atom. The minimum absolute atomic E-state index is 0.417. The van der Waals surface area contributed by atoms with Gasteiger partial charge < -0.3 is 9.47 Å². The quantitative estimate of drug-likeness (QED) is 0.173. The molecule has 7 aromatic rings. The first kappa shape index (κ1) is 28.6. The molecule has 10 rings (SSSR count). The molecule has 7 aromatic carbocycles. The van der Waals surface area contributed by atoms with Crippen molar-refractivity contribution in [1.82, 2.24) is 0 Å². The summed E-state index contributed by atoms with van der Waals surface area (Å²) in [4.78, 5) is 0. The van der Waals surface area contributed by atoms with Crippen molar-refractivity contribution in [1.29, 1.82) is 0 Å². The molecule has 0 saturated heterocycles. The molecule has 0 N–H and O–H groups in total. The van der Waals surface area contributed by atoms with Crippen molar-refractivity contribution in [3.05, 3.63) is 169 Å². The molecule has 0 fully saturated rings. The zero-order valence-electron chi connectivity index (χ0n) is 26.3. The lowest BCUT2D eigenvalue weighted by Crippen LogP contribution is -1.97. The van der Waals surface area contributed by atoms with Gasteiger partial charge in [0.15, 0.2) is 11.5 Å². The number of ether oxygens (including phenoxy) is 2. The monoisotopic (exact) mass is 606 g/mol. The van der Waals surface area contributed by atoms with Crippen LogP contribution in [0.2, 0.25) is 0 Å². The molecule has 0 amide bonds. The minimum atomic E-state index is 0.417. The van der Waals surface area contributed by atoms with Gasteiger partial charge in [-0.05, 0) is 103 Å². The van der Waals surface area contributed by atoms with Crippen molar-refractivity contribution < 1.29 is 9.47 Å². The van der Waals surface area contributed by atoms with E-state index in [-0.39, 0.29) is 0 Å². The number of rotatable bonds is 1. The Labute approximate surface area is 275 Å². The molecule has 2 heteroatoms. The SMILES string of the molecule is CC/C=C1\C=C/COc2ccccc2Oc2ccc(cc2)-c2ccccc2-c2c3ccccc3c(c3ccccc23)-c2ccccc21. The standard InChI is InChI=1S/C45H34O2/c1-2-14-31-15-13-30-46-42-24-11-12-25-43(42)47-33-28-26-32(27-29-33)35-17-4-6-19-37(35)45-40-22-9-7-20-38(40)44(36-18-5-3-16-34(31)36)39-21-8-10-23-41(39)45/h3-29H,2,30H2,1H3/b15-13-,31-14+. The Hall–Kier alpha value is -5.86. The molecule has 4 bridgehead atoms. The molecular formula is C45H34O2. The summed E-state index contributed by atoms with van der Waals surface area (Å²) in [5, 5.41) is 4.95. The van der Waals surface area contributed by atoms with Crippen LogP contribution in [0.15, 0.2) is 164 Å². The number of fused-ring (bicyclic) bond motifs is 1. The van der Waals surface area contributed by atoms with Gasteiger partial charge in [0.2, 0.25) is 0 Å². The number of hydrogen-bond acceptors (Lipinski definition) is 2. The Morgan fingerprint density at radius 1 is 0.511 bits per heavy atom. The second-order valence-electron chi connectivity index (χ2n) is 11.8. The fraction of sp³-hybridized carbons (Fsp3) is 0.0667. The zero-order chi connectivity index (χ0) is 31.6. The van der Waals surface area contributed by atoms with E-state index in [0.29, 0.717) is 18.1 Å². The van der Waals surface area contributed by atoms with Crippen LogP contribution in [0.3, 0.4) is 0 Å². The van der Waals surface area contributed by atoms with Gasteiger partial charge >= 0.3 is 0 Å². The van der Waals surface area contributed by atoms with Gasteiger partial charge in [-0.3, -0.25) is 0 Å². The Bertz CT molecular complexity index is 2250. The molecule has 47 heavy (non-hydrogen) atoms. The maximum absolute atomic E-state index is 6.36. The molecule has 3 aliphatic heterocycles. The number of hydrogen-bond donors (Lipinski definition) is 0. The van der Waals surface area contributed by atoms with Crippen LogP contribution in [0.5, 0.6) is 17.2 Å². The van der Waals surface area contributed by atoms with E-state index in [0.717, 1.165) is 17.7 Å². The highest BCUT2D eigenvalue weighted by Crippen LogP contribution is 2.47. The molecule has 0 unspecified atom stereocenters. The van der Waals surface area contributed by atoms with Gasteiger partial charge in [-0.15, -0.1) is 0 Å². The van der Waals surface area contributed by atoms with Crippen LogP contribution in [0.25, 0.3) is 60.5 Å². The van der Waals surface area contributed by atoms with Gasteiger partial charge in [0.25, 0.3) is 0 Å². The predicted molar refractivity (Wildman–Crippen MR) is 197 cm³/mol. The van der Waals surface area contributed by atoms with Crippen molar-refractivity contribution in [3.8, 4) is 50.6 Å². The van der Waals surface area contributed by atoms with Crippen LogP contribution in [-0.2, 0) is 0 Å². The summed E-state index contributed by atoms with van der Waals surface area (Å²) in [5.74, 6) is 2.16. The molecule has 0 aromatic heterocycles. The third kappa shape index (κ3) is 5.28. The number of benzene rings is 7. The summed E-state index contributed by atoms with van der Waals surface area (Å²) in [6.07, 6.45) is 7.51. The second kappa shape index (κ2) is 12.5. The summed E-state index contributed by atoms with van der Waals surface area (Å²) in [5.41, 5.74) is 9.61. The van der Waals surface area contributed by atoms with Crippen molar-refractivity contribution in [3.63, 3.8) is 0 Å². The van der Waals surface area contributed by atoms with E-state index in [1.807, 2.05) is 36.4 Å². The summed E-state index contributed by atoms with van der Waals surface area (Å²) in [6, 6.07) is 51.5. The smallest absolute Gasteiger partial charge is 0.169 e. The topological polar surface area (TPSA) is 18.5 Å². The molecule has 0 radical (unpaired) electrons. The molecule has 3 aliphatic rings. The van der Waals surface area contributed by atoms with Gasteiger partial charge in [-0.25, -0.2) is 0 Å². The van der Waals surface area contributed by atoms with Gasteiger partial charge in [0.05, 0.1) is 0 Å². The van der Waals surface area contributed by atoms with E-state index in [9.17, 15) is 0 Å². The van der Waals surface area contributed by atoms with E-state index in [2.05, 4.69) is 134 Å². The van der Waals surface area contributed by atoms with Crippen LogP contribution in [0.1, 0.15) is 18.9 Å². The molecule has 0 atom stereocenters. The molecule has 0 spiro atoms. The highest BCUT2D eigenvalue weighted by molar-refractivity contribution is 6.23. The van der Waals surface area contributed by atoms with E-state index in [1.54, 1.807) is 0 Å². The van der Waals surface area contributed by atoms with Crippen molar-refractivity contribution >= 4 is 27.1 Å². The molecule has 0 saturated carbocycles. The van der Waals surface area contributed by atoms with Crippen LogP contribution < -0.4 is 9.47 Å². The van der Waals surface area contributed by atoms with E-state index < -0.39 is 0 Å². The van der Waals surface area contributed by atoms with Crippen molar-refractivity contribution in [2.45, 2.75) is 13.3 Å². The van der Waals surface area contributed by atoms with Gasteiger partial charge in [0.1, 0.15) is 12.4 Å². The minimum Gasteiger partial charge on any atom is -0.486 e. The van der Waals surface area contributed by atoms with E-state index in [4.69, 9.17) is 9.47 Å². The summed E-state index contributed by atoms with van der Waals surface area (Å²) >= 11 is 0. The van der Waals surface area contributed by atoms with Gasteiger partial charge in [-0.2, -0.15) is 0 Å². The van der Waals surface area contributed by atoms with Crippen LogP contribution >= 0.6 is 0 Å². The lowest BCUT2D eigenvalue weighted by molar-refractivity contribution is 0.340.